The number of nitrogens with zero attached hydrogens (tertiary/aromatic N) is 4. The van der Waals surface area contributed by atoms with Gasteiger partial charge < -0.3 is 9.84 Å². The van der Waals surface area contributed by atoms with E-state index in [1.54, 1.807) is 42.1 Å². The maximum absolute atomic E-state index is 13.4. The Morgan fingerprint density at radius 3 is 2.46 bits per heavy atom. The molecule has 0 unspecified atom stereocenters. The number of halogens is 1. The first kappa shape index (κ1) is 25.2. The summed E-state index contributed by atoms with van der Waals surface area (Å²) in [5, 5.41) is 12.4. The van der Waals surface area contributed by atoms with Crippen LogP contribution in [0.4, 0.5) is 0 Å². The van der Waals surface area contributed by atoms with E-state index in [4.69, 9.17) is 4.74 Å². The summed E-state index contributed by atoms with van der Waals surface area (Å²) >= 11 is 5.12. The van der Waals surface area contributed by atoms with Gasteiger partial charge in [-0.15, -0.1) is 11.3 Å². The van der Waals surface area contributed by atoms with Gasteiger partial charge in [-0.05, 0) is 86.1 Å². The third-order valence-electron chi connectivity index (χ3n) is 5.56. The molecule has 4 aromatic heterocycles. The summed E-state index contributed by atoms with van der Waals surface area (Å²) < 4.78 is 7.96. The van der Waals surface area contributed by atoms with Crippen molar-refractivity contribution >= 4 is 27.3 Å². The lowest BCUT2D eigenvalue weighted by Crippen LogP contribution is -2.23. The molecule has 0 spiro atoms. The molecule has 1 N–H and O–H groups in total. The number of aromatic nitrogens is 4. The standard InChI is InChI=1S/C26H27BrN4O3S/c1-14-10-28-19(23-15(2)11-29-25(30-23)26(5,6)33)9-20(14)31-16(3)7-21(22(27)24(31)32)34-12-18-8-17(4)35-13-18/h7-11,13,33H,12H2,1-6H3. The molecule has 0 aliphatic heterocycles. The predicted octanol–water partition coefficient (Wildman–Crippen LogP) is 5.55. The fourth-order valence-corrected chi connectivity index (χ4v) is 4.80. The lowest BCUT2D eigenvalue weighted by Gasteiger charge is -2.18. The Balaban J connectivity index is 1.76. The highest BCUT2D eigenvalue weighted by Gasteiger charge is 2.22. The summed E-state index contributed by atoms with van der Waals surface area (Å²) in [4.78, 5) is 28.0. The second-order valence-electron chi connectivity index (χ2n) is 9.10. The average Bonchev–Trinajstić information content (AvgIpc) is 3.21. The number of ether oxygens (including phenoxy) is 1. The van der Waals surface area contributed by atoms with Gasteiger partial charge in [0.25, 0.3) is 5.56 Å². The van der Waals surface area contributed by atoms with Gasteiger partial charge in [-0.3, -0.25) is 14.3 Å². The number of hydrogen-bond donors (Lipinski definition) is 1. The van der Waals surface area contributed by atoms with Crippen LogP contribution in [0.1, 0.15) is 46.9 Å². The van der Waals surface area contributed by atoms with E-state index >= 15 is 0 Å². The van der Waals surface area contributed by atoms with Gasteiger partial charge in [-0.2, -0.15) is 0 Å². The predicted molar refractivity (Wildman–Crippen MR) is 141 cm³/mol. The van der Waals surface area contributed by atoms with E-state index in [0.29, 0.717) is 39.7 Å². The largest absolute Gasteiger partial charge is 0.487 e. The Labute approximate surface area is 216 Å². The van der Waals surface area contributed by atoms with Crippen LogP contribution in [0.2, 0.25) is 0 Å². The van der Waals surface area contributed by atoms with Gasteiger partial charge in [0.2, 0.25) is 0 Å². The molecule has 0 aromatic carbocycles. The Kier molecular flexibility index (Phi) is 6.95. The molecule has 0 radical (unpaired) electrons. The zero-order valence-electron chi connectivity index (χ0n) is 20.5. The smallest absolute Gasteiger partial charge is 0.273 e. The van der Waals surface area contributed by atoms with Crippen LogP contribution in [0.25, 0.3) is 17.1 Å². The van der Waals surface area contributed by atoms with E-state index in [2.05, 4.69) is 49.3 Å². The number of thiophene rings is 1. The summed E-state index contributed by atoms with van der Waals surface area (Å²) in [7, 11) is 0. The zero-order chi connectivity index (χ0) is 25.5. The van der Waals surface area contributed by atoms with Gasteiger partial charge in [0.1, 0.15) is 22.4 Å². The first-order valence-corrected chi connectivity index (χ1v) is 12.8. The SMILES string of the molecule is Cc1cc(COc2cc(C)n(-c3cc(-c4nc(C(C)(C)O)ncc4C)ncc3C)c(=O)c2Br)cs1. The lowest BCUT2D eigenvalue weighted by atomic mass is 10.1. The third kappa shape index (κ3) is 5.22. The first-order chi connectivity index (χ1) is 16.5. The minimum absolute atomic E-state index is 0.224. The van der Waals surface area contributed by atoms with Gasteiger partial charge in [-0.1, -0.05) is 0 Å². The highest BCUT2D eigenvalue weighted by atomic mass is 79.9. The highest BCUT2D eigenvalue weighted by Crippen LogP contribution is 2.29. The van der Waals surface area contributed by atoms with Gasteiger partial charge >= 0.3 is 0 Å². The van der Waals surface area contributed by atoms with Crippen molar-refractivity contribution < 1.29 is 9.84 Å². The maximum atomic E-state index is 13.4. The van der Waals surface area contributed by atoms with Crippen molar-refractivity contribution in [3.63, 3.8) is 0 Å². The minimum Gasteiger partial charge on any atom is -0.487 e. The van der Waals surface area contributed by atoms with Crippen molar-refractivity contribution in [1.29, 1.82) is 0 Å². The number of aryl methyl sites for hydroxylation is 4. The molecule has 35 heavy (non-hydrogen) atoms. The topological polar surface area (TPSA) is 90.1 Å². The molecule has 0 atom stereocenters. The van der Waals surface area contributed by atoms with E-state index < -0.39 is 5.60 Å². The van der Waals surface area contributed by atoms with Crippen molar-refractivity contribution in [2.24, 2.45) is 0 Å². The second kappa shape index (κ2) is 9.64. The van der Waals surface area contributed by atoms with Gasteiger partial charge in [0, 0.05) is 34.6 Å². The fraction of sp³-hybridized carbons (Fsp3) is 0.308. The molecule has 0 fully saturated rings. The molecule has 9 heteroatoms. The number of hydrogen-bond acceptors (Lipinski definition) is 7. The molecule has 182 valence electrons. The van der Waals surface area contributed by atoms with Crippen molar-refractivity contribution in [1.82, 2.24) is 19.5 Å². The quantitative estimate of drug-likeness (QED) is 0.336. The Hall–Kier alpha value is -2.88. The van der Waals surface area contributed by atoms with Gasteiger partial charge in [0.05, 0.1) is 17.1 Å². The molecule has 0 saturated heterocycles. The van der Waals surface area contributed by atoms with Crippen molar-refractivity contribution in [2.75, 3.05) is 0 Å². The molecule has 0 aliphatic carbocycles. The number of aliphatic hydroxyl groups is 1. The molecular formula is C26H27BrN4O3S. The van der Waals surface area contributed by atoms with Crippen molar-refractivity contribution in [2.45, 2.75) is 53.8 Å². The van der Waals surface area contributed by atoms with Gasteiger partial charge in [-0.25, -0.2) is 9.97 Å². The van der Waals surface area contributed by atoms with Crippen LogP contribution in [0.3, 0.4) is 0 Å². The monoisotopic (exact) mass is 554 g/mol. The third-order valence-corrected chi connectivity index (χ3v) is 7.20. The molecule has 4 aromatic rings. The van der Waals surface area contributed by atoms with Gasteiger partial charge in [0.15, 0.2) is 5.82 Å². The average molecular weight is 555 g/mol. The summed E-state index contributed by atoms with van der Waals surface area (Å²) in [5.41, 5.74) is 3.93. The maximum Gasteiger partial charge on any atom is 0.273 e. The molecule has 0 aliphatic rings. The molecule has 7 nitrogen and oxygen atoms in total. The molecule has 0 bridgehead atoms. The first-order valence-electron chi connectivity index (χ1n) is 11.1. The van der Waals surface area contributed by atoms with E-state index in [0.717, 1.165) is 22.4 Å². The van der Waals surface area contributed by atoms with Crippen LogP contribution in [0, 0.1) is 27.7 Å². The molecule has 4 heterocycles. The van der Waals surface area contributed by atoms with Crippen LogP contribution in [-0.4, -0.2) is 24.6 Å². The van der Waals surface area contributed by atoms with Crippen LogP contribution >= 0.6 is 27.3 Å². The van der Waals surface area contributed by atoms with E-state index in [-0.39, 0.29) is 5.56 Å². The van der Waals surface area contributed by atoms with E-state index in [9.17, 15) is 9.90 Å². The van der Waals surface area contributed by atoms with Crippen molar-refractivity contribution in [3.05, 3.63) is 83.9 Å². The second-order valence-corrected chi connectivity index (χ2v) is 11.0. The van der Waals surface area contributed by atoms with E-state index in [1.165, 1.54) is 4.88 Å². The Morgan fingerprint density at radius 1 is 1.09 bits per heavy atom. The number of pyridine rings is 2. The lowest BCUT2D eigenvalue weighted by molar-refractivity contribution is 0.0688. The van der Waals surface area contributed by atoms with E-state index in [1.807, 2.05) is 32.9 Å². The summed E-state index contributed by atoms with van der Waals surface area (Å²) in [5.74, 6) is 0.807. The normalized spacial score (nSPS) is 11.7. The summed E-state index contributed by atoms with van der Waals surface area (Å²) in [6.45, 7) is 11.4. The van der Waals surface area contributed by atoms with Crippen LogP contribution in [-0.2, 0) is 12.2 Å². The molecular weight excluding hydrogens is 528 g/mol. The molecule has 0 saturated carbocycles. The molecule has 4 rings (SSSR count). The molecule has 0 amide bonds. The zero-order valence-corrected chi connectivity index (χ0v) is 22.9. The number of rotatable bonds is 6. The van der Waals surface area contributed by atoms with Crippen LogP contribution in [0.15, 0.2) is 45.2 Å². The van der Waals surface area contributed by atoms with Crippen molar-refractivity contribution in [3.8, 4) is 22.8 Å². The van der Waals surface area contributed by atoms with Crippen LogP contribution < -0.4 is 10.3 Å². The summed E-state index contributed by atoms with van der Waals surface area (Å²) in [6.07, 6.45) is 3.39. The van der Waals surface area contributed by atoms with Crippen LogP contribution in [0.5, 0.6) is 5.75 Å². The Bertz CT molecular complexity index is 1470. The summed E-state index contributed by atoms with van der Waals surface area (Å²) in [6, 6.07) is 5.77. The minimum atomic E-state index is -1.19. The Morgan fingerprint density at radius 2 is 1.80 bits per heavy atom. The highest BCUT2D eigenvalue weighted by molar-refractivity contribution is 9.10. The fourth-order valence-electron chi connectivity index (χ4n) is 3.70.